The van der Waals surface area contributed by atoms with E-state index in [0.29, 0.717) is 5.92 Å². The maximum absolute atomic E-state index is 5.72. The molecule has 0 aliphatic carbocycles. The van der Waals surface area contributed by atoms with Gasteiger partial charge in [-0.3, -0.25) is 0 Å². The lowest BCUT2D eigenvalue weighted by Gasteiger charge is -2.09. The Bertz CT molecular complexity index is 50.3. The van der Waals surface area contributed by atoms with Gasteiger partial charge in [-0.25, -0.2) is 0 Å². The maximum Gasteiger partial charge on any atom is 0.0635 e. The van der Waals surface area contributed by atoms with E-state index in [1.807, 2.05) is 6.92 Å². The van der Waals surface area contributed by atoms with Crippen molar-refractivity contribution in [2.24, 2.45) is 5.92 Å². The molecule has 0 nitrogen and oxygen atoms in total. The molecule has 0 spiro atoms. The largest absolute Gasteiger partial charge is 0.117 e. The van der Waals surface area contributed by atoms with Gasteiger partial charge < -0.3 is 0 Å². The molecule has 1 heteroatoms. The fraction of sp³-hybridized carbons (Fsp3) is 0.857. The van der Waals surface area contributed by atoms with Gasteiger partial charge in [-0.2, -0.15) is 0 Å². The molecule has 0 bridgehead atoms. The van der Waals surface area contributed by atoms with Gasteiger partial charge in [0.15, 0.2) is 0 Å². The summed E-state index contributed by atoms with van der Waals surface area (Å²) in [6, 6.07) is 0. The molecule has 0 fully saturated rings. The second-order valence-corrected chi connectivity index (χ2v) is 2.87. The van der Waals surface area contributed by atoms with Gasteiger partial charge in [-0.1, -0.05) is 20.3 Å². The van der Waals surface area contributed by atoms with Gasteiger partial charge in [-0.05, 0) is 19.3 Å². The number of halogens is 1. The fourth-order valence-corrected chi connectivity index (χ4v) is 0.741. The Labute approximate surface area is 57.2 Å². The monoisotopic (exact) mass is 133 g/mol. The van der Waals surface area contributed by atoms with Gasteiger partial charge >= 0.3 is 0 Å². The standard InChI is InChI=1S/C7H14Cl/c1-4-5-6(2)7(3)8/h6H,4-5H2,1-3H3. The topological polar surface area (TPSA) is 0 Å². The molecule has 0 aliphatic rings. The fourth-order valence-electron chi connectivity index (χ4n) is 0.632. The second kappa shape index (κ2) is 4.20. The molecule has 0 amide bonds. The zero-order chi connectivity index (χ0) is 6.57. The van der Waals surface area contributed by atoms with E-state index < -0.39 is 0 Å². The maximum atomic E-state index is 5.72. The molecule has 0 aromatic carbocycles. The zero-order valence-electron chi connectivity index (χ0n) is 5.87. The normalized spacial score (nSPS) is 14.6. The number of hydrogen-bond donors (Lipinski definition) is 0. The highest BCUT2D eigenvalue weighted by Gasteiger charge is 2.06. The van der Waals surface area contributed by atoms with E-state index in [-0.39, 0.29) is 0 Å². The minimum atomic E-state index is 0.599. The number of hydrogen-bond acceptors (Lipinski definition) is 0. The van der Waals surface area contributed by atoms with E-state index >= 15 is 0 Å². The molecule has 49 valence electrons. The van der Waals surface area contributed by atoms with Crippen LogP contribution in [-0.4, -0.2) is 0 Å². The molecule has 0 aliphatic heterocycles. The molecule has 1 atom stereocenters. The van der Waals surface area contributed by atoms with Crippen LogP contribution in [-0.2, 0) is 0 Å². The SMILES string of the molecule is CCCC(C)[C](C)Cl. The molecule has 0 heterocycles. The lowest BCUT2D eigenvalue weighted by atomic mass is 10.0. The van der Waals surface area contributed by atoms with Gasteiger partial charge in [0.1, 0.15) is 0 Å². The van der Waals surface area contributed by atoms with Gasteiger partial charge in [0.05, 0.1) is 5.38 Å². The third kappa shape index (κ3) is 3.31. The van der Waals surface area contributed by atoms with Crippen LogP contribution in [0.5, 0.6) is 0 Å². The van der Waals surface area contributed by atoms with Crippen molar-refractivity contribution in [3.63, 3.8) is 0 Å². The molecule has 0 saturated carbocycles. The lowest BCUT2D eigenvalue weighted by molar-refractivity contribution is 0.579. The van der Waals surface area contributed by atoms with Gasteiger partial charge in [0.25, 0.3) is 0 Å². The average molecular weight is 134 g/mol. The Morgan fingerprint density at radius 2 is 2.12 bits per heavy atom. The van der Waals surface area contributed by atoms with Crippen LogP contribution in [0.25, 0.3) is 0 Å². The molecule has 0 aromatic heterocycles. The van der Waals surface area contributed by atoms with E-state index in [2.05, 4.69) is 13.8 Å². The first-order valence-electron chi connectivity index (χ1n) is 3.17. The summed E-state index contributed by atoms with van der Waals surface area (Å²) < 4.78 is 0. The predicted molar refractivity (Wildman–Crippen MR) is 38.8 cm³/mol. The van der Waals surface area contributed by atoms with Crippen molar-refractivity contribution in [2.45, 2.75) is 33.6 Å². The van der Waals surface area contributed by atoms with Crippen LogP contribution in [0.3, 0.4) is 0 Å². The van der Waals surface area contributed by atoms with Crippen molar-refractivity contribution in [1.82, 2.24) is 0 Å². The highest BCUT2D eigenvalue weighted by Crippen LogP contribution is 2.21. The molecule has 0 aromatic rings. The molecule has 0 N–H and O–H groups in total. The van der Waals surface area contributed by atoms with E-state index in [9.17, 15) is 0 Å². The van der Waals surface area contributed by atoms with Crippen LogP contribution >= 0.6 is 11.6 Å². The number of rotatable bonds is 3. The summed E-state index contributed by atoms with van der Waals surface area (Å²) in [4.78, 5) is 0. The van der Waals surface area contributed by atoms with Crippen LogP contribution in [0.1, 0.15) is 33.6 Å². The summed E-state index contributed by atoms with van der Waals surface area (Å²) >= 11 is 5.72. The summed E-state index contributed by atoms with van der Waals surface area (Å²) in [6.07, 6.45) is 2.45. The molecule has 0 saturated heterocycles. The minimum absolute atomic E-state index is 0.599. The van der Waals surface area contributed by atoms with Crippen molar-refractivity contribution >= 4 is 11.6 Å². The van der Waals surface area contributed by atoms with E-state index in [0.717, 1.165) is 5.38 Å². The van der Waals surface area contributed by atoms with Gasteiger partial charge in [-0.15, -0.1) is 11.6 Å². The molecule has 1 radical (unpaired) electrons. The predicted octanol–water partition coefficient (Wildman–Crippen LogP) is 3.21. The third-order valence-electron chi connectivity index (χ3n) is 1.40. The highest BCUT2D eigenvalue weighted by atomic mass is 35.5. The third-order valence-corrected chi connectivity index (χ3v) is 1.77. The zero-order valence-corrected chi connectivity index (χ0v) is 6.63. The molecular formula is C7H14Cl. The summed E-state index contributed by atoms with van der Waals surface area (Å²) in [6.45, 7) is 6.31. The van der Waals surface area contributed by atoms with Crippen molar-refractivity contribution in [3.8, 4) is 0 Å². The smallest absolute Gasteiger partial charge is 0.0635 e. The van der Waals surface area contributed by atoms with Crippen LogP contribution in [0.4, 0.5) is 0 Å². The van der Waals surface area contributed by atoms with Crippen molar-refractivity contribution < 1.29 is 0 Å². The minimum Gasteiger partial charge on any atom is -0.117 e. The van der Waals surface area contributed by atoms with Crippen LogP contribution in [0, 0.1) is 11.3 Å². The molecular weight excluding hydrogens is 120 g/mol. The first-order chi connectivity index (χ1) is 3.68. The van der Waals surface area contributed by atoms with E-state index in [1.165, 1.54) is 12.8 Å². The Morgan fingerprint density at radius 1 is 1.62 bits per heavy atom. The molecule has 8 heavy (non-hydrogen) atoms. The average Bonchev–Trinajstić information content (AvgIpc) is 1.67. The Balaban J connectivity index is 3.17. The Morgan fingerprint density at radius 3 is 2.25 bits per heavy atom. The second-order valence-electron chi connectivity index (χ2n) is 2.28. The van der Waals surface area contributed by atoms with E-state index in [1.54, 1.807) is 0 Å². The van der Waals surface area contributed by atoms with Crippen molar-refractivity contribution in [3.05, 3.63) is 5.38 Å². The van der Waals surface area contributed by atoms with E-state index in [4.69, 9.17) is 11.6 Å². The first kappa shape index (κ1) is 8.29. The highest BCUT2D eigenvalue weighted by molar-refractivity contribution is 6.26. The quantitative estimate of drug-likeness (QED) is 0.555. The Kier molecular flexibility index (Phi) is 4.35. The van der Waals surface area contributed by atoms with Crippen LogP contribution < -0.4 is 0 Å². The summed E-state index contributed by atoms with van der Waals surface area (Å²) in [5.41, 5.74) is 0. The Hall–Kier alpha value is 0.290. The van der Waals surface area contributed by atoms with Gasteiger partial charge in [0, 0.05) is 0 Å². The van der Waals surface area contributed by atoms with Crippen molar-refractivity contribution in [2.75, 3.05) is 0 Å². The van der Waals surface area contributed by atoms with Crippen molar-refractivity contribution in [1.29, 1.82) is 0 Å². The first-order valence-corrected chi connectivity index (χ1v) is 3.55. The summed E-state index contributed by atoms with van der Waals surface area (Å²) in [5, 5.41) is 1.03. The molecule has 1 unspecified atom stereocenters. The summed E-state index contributed by atoms with van der Waals surface area (Å²) in [7, 11) is 0. The van der Waals surface area contributed by atoms with Crippen LogP contribution in [0.2, 0.25) is 0 Å². The van der Waals surface area contributed by atoms with Crippen LogP contribution in [0.15, 0.2) is 0 Å². The lowest BCUT2D eigenvalue weighted by Crippen LogP contribution is -1.97. The summed E-state index contributed by atoms with van der Waals surface area (Å²) in [5.74, 6) is 0.599. The molecule has 0 rings (SSSR count). The van der Waals surface area contributed by atoms with Gasteiger partial charge in [0.2, 0.25) is 0 Å².